The van der Waals surface area contributed by atoms with Crippen LogP contribution in [0.4, 0.5) is 0 Å². The van der Waals surface area contributed by atoms with Gasteiger partial charge < -0.3 is 9.84 Å². The molecule has 0 saturated heterocycles. The molecule has 1 fully saturated rings. The number of hydrogen-bond donors (Lipinski definition) is 1. The molecular formula is C18H19ClO2. The quantitative estimate of drug-likeness (QED) is 0.892. The molecule has 2 aromatic rings. The molecule has 3 rings (SSSR count). The number of aryl methyl sites for hydroxylation is 1. The molecule has 0 radical (unpaired) electrons. The Balaban J connectivity index is 1.73. The normalized spacial score (nSPS) is 15.8. The van der Waals surface area contributed by atoms with Gasteiger partial charge in [-0.25, -0.2) is 0 Å². The van der Waals surface area contributed by atoms with Gasteiger partial charge in [-0.2, -0.15) is 0 Å². The molecule has 1 aliphatic rings. The van der Waals surface area contributed by atoms with Gasteiger partial charge >= 0.3 is 0 Å². The van der Waals surface area contributed by atoms with Crippen LogP contribution in [-0.4, -0.2) is 10.7 Å². The number of hydrogen-bond acceptors (Lipinski definition) is 2. The van der Waals surface area contributed by atoms with Crippen molar-refractivity contribution in [1.82, 2.24) is 0 Å². The number of ether oxygens (including phenoxy) is 1. The van der Waals surface area contributed by atoms with Gasteiger partial charge in [0.2, 0.25) is 0 Å². The molecule has 0 amide bonds. The van der Waals surface area contributed by atoms with E-state index in [2.05, 4.69) is 6.07 Å². The monoisotopic (exact) mass is 302 g/mol. The fraction of sp³-hybridized carbons (Fsp3) is 0.333. The van der Waals surface area contributed by atoms with Gasteiger partial charge in [0.15, 0.2) is 0 Å². The molecule has 110 valence electrons. The molecule has 2 nitrogen and oxygen atoms in total. The van der Waals surface area contributed by atoms with Crippen molar-refractivity contribution in [2.75, 3.05) is 0 Å². The lowest BCUT2D eigenvalue weighted by Crippen LogP contribution is -2.11. The third kappa shape index (κ3) is 3.58. The van der Waals surface area contributed by atoms with Gasteiger partial charge in [0.05, 0.1) is 10.6 Å². The fourth-order valence-corrected chi connectivity index (χ4v) is 2.86. The molecule has 0 spiro atoms. The zero-order valence-corrected chi connectivity index (χ0v) is 12.9. The van der Waals surface area contributed by atoms with E-state index in [4.69, 9.17) is 16.3 Å². The van der Waals surface area contributed by atoms with E-state index in [9.17, 15) is 5.11 Å². The molecule has 0 unspecified atom stereocenters. The van der Waals surface area contributed by atoms with E-state index in [1.807, 2.05) is 43.3 Å². The predicted octanol–water partition coefficient (Wildman–Crippen LogP) is 4.29. The Morgan fingerprint density at radius 1 is 1.14 bits per heavy atom. The van der Waals surface area contributed by atoms with E-state index in [0.717, 1.165) is 35.3 Å². The minimum atomic E-state index is -0.498. The van der Waals surface area contributed by atoms with Crippen LogP contribution >= 0.6 is 11.6 Å². The summed E-state index contributed by atoms with van der Waals surface area (Å²) in [7, 11) is 0. The molecule has 0 aliphatic heterocycles. The molecule has 1 aliphatic carbocycles. The van der Waals surface area contributed by atoms with E-state index >= 15 is 0 Å². The highest BCUT2D eigenvalue weighted by Gasteiger charge is 2.40. The first-order valence-corrected chi connectivity index (χ1v) is 7.62. The van der Waals surface area contributed by atoms with Crippen LogP contribution in [0.5, 0.6) is 5.75 Å². The van der Waals surface area contributed by atoms with Crippen molar-refractivity contribution in [3.05, 3.63) is 64.2 Å². The first-order chi connectivity index (χ1) is 10.1. The van der Waals surface area contributed by atoms with Crippen molar-refractivity contribution >= 4 is 11.6 Å². The van der Waals surface area contributed by atoms with Crippen LogP contribution in [0.25, 0.3) is 0 Å². The largest absolute Gasteiger partial charge is 0.487 e. The molecule has 3 heteroatoms. The second kappa shape index (κ2) is 5.70. The maximum atomic E-state index is 10.0. The Kier molecular flexibility index (Phi) is 3.92. The second-order valence-corrected chi connectivity index (χ2v) is 6.31. The smallest absolute Gasteiger partial charge is 0.141 e. The van der Waals surface area contributed by atoms with E-state index < -0.39 is 5.60 Å². The first-order valence-electron chi connectivity index (χ1n) is 7.24. The summed E-state index contributed by atoms with van der Waals surface area (Å²) < 4.78 is 5.86. The van der Waals surface area contributed by atoms with Gasteiger partial charge in [0, 0.05) is 6.42 Å². The summed E-state index contributed by atoms with van der Waals surface area (Å²) in [6.45, 7) is 2.50. The molecule has 0 atom stereocenters. The van der Waals surface area contributed by atoms with Crippen LogP contribution in [0, 0.1) is 6.92 Å². The van der Waals surface area contributed by atoms with Crippen molar-refractivity contribution < 1.29 is 9.84 Å². The third-order valence-electron chi connectivity index (χ3n) is 3.88. The van der Waals surface area contributed by atoms with Gasteiger partial charge in [-0.15, -0.1) is 0 Å². The summed E-state index contributed by atoms with van der Waals surface area (Å²) >= 11 is 6.34. The summed E-state index contributed by atoms with van der Waals surface area (Å²) in [4.78, 5) is 0. The Morgan fingerprint density at radius 3 is 2.48 bits per heavy atom. The van der Waals surface area contributed by atoms with Crippen molar-refractivity contribution in [2.45, 2.75) is 38.4 Å². The molecule has 2 aromatic carbocycles. The number of benzene rings is 2. The summed E-state index contributed by atoms with van der Waals surface area (Å²) in [5.41, 5.74) is 2.70. The maximum absolute atomic E-state index is 10.0. The van der Waals surface area contributed by atoms with Crippen molar-refractivity contribution in [3.8, 4) is 5.75 Å². The van der Waals surface area contributed by atoms with Gasteiger partial charge in [-0.3, -0.25) is 0 Å². The number of aliphatic hydroxyl groups is 1. The molecule has 1 N–H and O–H groups in total. The molecule has 0 heterocycles. The lowest BCUT2D eigenvalue weighted by atomic mass is 10.0. The molecule has 1 saturated carbocycles. The van der Waals surface area contributed by atoms with E-state index in [1.165, 1.54) is 0 Å². The average Bonchev–Trinajstić information content (AvgIpc) is 3.16. The zero-order chi connectivity index (χ0) is 14.9. The molecule has 21 heavy (non-hydrogen) atoms. The van der Waals surface area contributed by atoms with E-state index in [1.54, 1.807) is 0 Å². The highest BCUT2D eigenvalue weighted by Crippen LogP contribution is 2.40. The Bertz CT molecular complexity index is 610. The van der Waals surface area contributed by atoms with Crippen molar-refractivity contribution in [2.24, 2.45) is 0 Å². The highest BCUT2D eigenvalue weighted by molar-refractivity contribution is 6.32. The summed E-state index contributed by atoms with van der Waals surface area (Å²) in [6, 6.07) is 14.0. The van der Waals surface area contributed by atoms with Crippen LogP contribution < -0.4 is 4.74 Å². The lowest BCUT2D eigenvalue weighted by molar-refractivity contribution is 0.151. The minimum absolute atomic E-state index is 0.498. The Hall–Kier alpha value is -1.51. The van der Waals surface area contributed by atoms with Gasteiger partial charge in [-0.05, 0) is 42.5 Å². The zero-order valence-electron chi connectivity index (χ0n) is 12.1. The Morgan fingerprint density at radius 2 is 1.86 bits per heavy atom. The molecule has 0 aromatic heterocycles. The topological polar surface area (TPSA) is 29.5 Å². The van der Waals surface area contributed by atoms with E-state index in [-0.39, 0.29) is 0 Å². The summed E-state index contributed by atoms with van der Waals surface area (Å²) in [5.74, 6) is 0.729. The van der Waals surface area contributed by atoms with Crippen LogP contribution in [0.3, 0.4) is 0 Å². The van der Waals surface area contributed by atoms with Crippen LogP contribution in [0.15, 0.2) is 42.5 Å². The number of rotatable bonds is 5. The minimum Gasteiger partial charge on any atom is -0.487 e. The summed E-state index contributed by atoms with van der Waals surface area (Å²) in [6.07, 6.45) is 2.44. The predicted molar refractivity (Wildman–Crippen MR) is 84.9 cm³/mol. The summed E-state index contributed by atoms with van der Waals surface area (Å²) in [5, 5.41) is 10.6. The fourth-order valence-electron chi connectivity index (χ4n) is 2.52. The molecular weight excluding hydrogens is 284 g/mol. The van der Waals surface area contributed by atoms with Crippen LogP contribution in [0.2, 0.25) is 5.02 Å². The van der Waals surface area contributed by atoms with Gasteiger partial charge in [0.25, 0.3) is 0 Å². The van der Waals surface area contributed by atoms with Gasteiger partial charge in [0.1, 0.15) is 12.4 Å². The van der Waals surface area contributed by atoms with E-state index in [0.29, 0.717) is 18.1 Å². The Labute approximate surface area is 130 Å². The first kappa shape index (κ1) is 14.4. The standard InChI is InChI=1S/C18H19ClO2/c1-13-9-15(11-18(20)7-8-18)10-16(19)17(13)21-12-14-5-3-2-4-6-14/h2-6,9-10,20H,7-8,11-12H2,1H3. The number of halogens is 1. The average molecular weight is 303 g/mol. The van der Waals surface area contributed by atoms with Crippen LogP contribution in [0.1, 0.15) is 29.5 Å². The third-order valence-corrected chi connectivity index (χ3v) is 4.16. The van der Waals surface area contributed by atoms with Gasteiger partial charge in [-0.1, -0.05) is 48.0 Å². The van der Waals surface area contributed by atoms with Crippen molar-refractivity contribution in [3.63, 3.8) is 0 Å². The maximum Gasteiger partial charge on any atom is 0.141 e. The van der Waals surface area contributed by atoms with Crippen molar-refractivity contribution in [1.29, 1.82) is 0 Å². The lowest BCUT2D eigenvalue weighted by Gasteiger charge is -2.14. The molecule has 0 bridgehead atoms. The van der Waals surface area contributed by atoms with Crippen LogP contribution in [-0.2, 0) is 13.0 Å². The SMILES string of the molecule is Cc1cc(CC2(O)CC2)cc(Cl)c1OCc1ccccc1. The second-order valence-electron chi connectivity index (χ2n) is 5.90. The highest BCUT2D eigenvalue weighted by atomic mass is 35.5.